The molecule has 1 N–H and O–H groups in total. The average Bonchev–Trinajstić information content (AvgIpc) is 3.71. The molecular formula is C43H58F2N2O5. The van der Waals surface area contributed by atoms with Crippen LogP contribution in [0.2, 0.25) is 0 Å². The monoisotopic (exact) mass is 720 g/mol. The number of hydrogen-bond donors (Lipinski definition) is 1. The fourth-order valence-electron chi connectivity index (χ4n) is 13.5. The summed E-state index contributed by atoms with van der Waals surface area (Å²) in [6, 6.07) is 6.81. The summed E-state index contributed by atoms with van der Waals surface area (Å²) in [6.45, 7) is 13.7. The molecule has 6 unspecified atom stereocenters. The summed E-state index contributed by atoms with van der Waals surface area (Å²) < 4.78 is 40.1. The summed E-state index contributed by atoms with van der Waals surface area (Å²) in [5.74, 6) is -0.338. The highest BCUT2D eigenvalue weighted by atomic mass is 19.1. The highest BCUT2D eigenvalue weighted by Gasteiger charge is 2.83. The predicted molar refractivity (Wildman–Crippen MR) is 194 cm³/mol. The van der Waals surface area contributed by atoms with Crippen LogP contribution in [0.5, 0.6) is 0 Å². The number of carbonyl (C=O) groups excluding carboxylic acids is 2. The number of methoxy groups -OCH3 is 1. The highest BCUT2D eigenvalue weighted by Crippen LogP contribution is 2.89. The van der Waals surface area contributed by atoms with Crippen molar-refractivity contribution in [1.82, 2.24) is 9.88 Å². The van der Waals surface area contributed by atoms with Crippen molar-refractivity contribution in [1.29, 1.82) is 0 Å². The van der Waals surface area contributed by atoms with Crippen molar-refractivity contribution in [2.75, 3.05) is 13.7 Å². The molecule has 11 atom stereocenters. The van der Waals surface area contributed by atoms with Gasteiger partial charge in [-0.1, -0.05) is 34.6 Å². The fourth-order valence-corrected chi connectivity index (χ4v) is 13.5. The SMILES string of the molecule is COC(C[C@@H](C)[C@H]1C[C@H](O)[C@@]2(C)C3CC[C@H]4C(C)(C)C(OC(=O)c5ccncc5)CCC45CC35CCC12C)CN(Cc1cc(F)cc(F)c1)C(C)=O. The van der Waals surface area contributed by atoms with E-state index in [9.17, 15) is 23.5 Å². The Labute approximate surface area is 308 Å². The number of nitrogens with zero attached hydrogens (tertiary/aromatic N) is 2. The van der Waals surface area contributed by atoms with Crippen molar-refractivity contribution in [3.63, 3.8) is 0 Å². The van der Waals surface area contributed by atoms with Gasteiger partial charge in [0, 0.05) is 56.4 Å². The molecule has 2 spiro atoms. The fraction of sp³-hybridized carbons (Fsp3) is 0.698. The summed E-state index contributed by atoms with van der Waals surface area (Å²) in [4.78, 5) is 31.5. The molecule has 0 bridgehead atoms. The van der Waals surface area contributed by atoms with Crippen LogP contribution < -0.4 is 0 Å². The minimum absolute atomic E-state index is 0.0528. The van der Waals surface area contributed by atoms with E-state index in [1.807, 2.05) is 0 Å². The third-order valence-electron chi connectivity index (χ3n) is 16.2. The number of ether oxygens (including phenoxy) is 2. The molecule has 1 heterocycles. The maximum Gasteiger partial charge on any atom is 0.338 e. The summed E-state index contributed by atoms with van der Waals surface area (Å²) >= 11 is 0. The lowest BCUT2D eigenvalue weighted by Crippen LogP contribution is -2.60. The number of pyridine rings is 1. The lowest BCUT2D eigenvalue weighted by Gasteiger charge is -2.63. The summed E-state index contributed by atoms with van der Waals surface area (Å²) in [5.41, 5.74) is 0.983. The number of amides is 1. The number of benzene rings is 1. The number of carbonyl (C=O) groups is 2. The first-order valence-corrected chi connectivity index (χ1v) is 19.5. The van der Waals surface area contributed by atoms with Crippen LogP contribution in [-0.4, -0.2) is 58.8 Å². The minimum Gasteiger partial charge on any atom is -0.458 e. The molecule has 7 rings (SSSR count). The molecule has 2 aromatic rings. The van der Waals surface area contributed by atoms with E-state index >= 15 is 0 Å². The molecule has 7 nitrogen and oxygen atoms in total. The largest absolute Gasteiger partial charge is 0.458 e. The van der Waals surface area contributed by atoms with E-state index in [0.717, 1.165) is 51.0 Å². The maximum absolute atomic E-state index is 13.9. The topological polar surface area (TPSA) is 89.0 Å². The third kappa shape index (κ3) is 5.65. The predicted octanol–water partition coefficient (Wildman–Crippen LogP) is 8.39. The molecule has 5 aliphatic carbocycles. The Bertz CT molecular complexity index is 1670. The summed E-state index contributed by atoms with van der Waals surface area (Å²) in [5, 5.41) is 12.2. The van der Waals surface area contributed by atoms with E-state index in [-0.39, 0.29) is 69.5 Å². The van der Waals surface area contributed by atoms with E-state index in [4.69, 9.17) is 9.47 Å². The van der Waals surface area contributed by atoms with Crippen LogP contribution in [0.4, 0.5) is 8.78 Å². The molecule has 52 heavy (non-hydrogen) atoms. The molecule has 0 saturated heterocycles. The van der Waals surface area contributed by atoms with Gasteiger partial charge >= 0.3 is 5.97 Å². The quantitative estimate of drug-likeness (QED) is 0.248. The zero-order chi connectivity index (χ0) is 37.4. The van der Waals surface area contributed by atoms with Crippen LogP contribution in [0.1, 0.15) is 115 Å². The molecule has 1 amide bonds. The van der Waals surface area contributed by atoms with Gasteiger partial charge in [-0.2, -0.15) is 0 Å². The van der Waals surface area contributed by atoms with Gasteiger partial charge in [-0.25, -0.2) is 13.6 Å². The van der Waals surface area contributed by atoms with Gasteiger partial charge < -0.3 is 19.5 Å². The molecule has 0 radical (unpaired) electrons. The van der Waals surface area contributed by atoms with Crippen LogP contribution in [-0.2, 0) is 20.8 Å². The van der Waals surface area contributed by atoms with Crippen LogP contribution in [0.3, 0.4) is 0 Å². The van der Waals surface area contributed by atoms with Crippen molar-refractivity contribution < 1.29 is 33.0 Å². The molecule has 5 aliphatic rings. The van der Waals surface area contributed by atoms with Crippen LogP contribution >= 0.6 is 0 Å². The lowest BCUT2D eigenvalue weighted by atomic mass is 9.41. The molecule has 0 aliphatic heterocycles. The van der Waals surface area contributed by atoms with Crippen molar-refractivity contribution in [2.24, 2.45) is 50.7 Å². The van der Waals surface area contributed by atoms with Gasteiger partial charge in [0.25, 0.3) is 0 Å². The Morgan fingerprint density at radius 1 is 0.981 bits per heavy atom. The number of aliphatic hydroxyl groups excluding tert-OH is 1. The number of hydrogen-bond acceptors (Lipinski definition) is 6. The van der Waals surface area contributed by atoms with Gasteiger partial charge in [-0.3, -0.25) is 9.78 Å². The van der Waals surface area contributed by atoms with Crippen molar-refractivity contribution in [3.8, 4) is 0 Å². The number of aromatic nitrogens is 1. The lowest BCUT2D eigenvalue weighted by molar-refractivity contribution is -0.182. The van der Waals surface area contributed by atoms with E-state index in [1.165, 1.54) is 31.9 Å². The van der Waals surface area contributed by atoms with Crippen molar-refractivity contribution in [3.05, 3.63) is 65.5 Å². The van der Waals surface area contributed by atoms with Gasteiger partial charge in [-0.15, -0.1) is 0 Å². The Kier molecular flexibility index (Phi) is 9.45. The van der Waals surface area contributed by atoms with E-state index in [2.05, 4.69) is 39.6 Å². The first-order valence-electron chi connectivity index (χ1n) is 19.5. The Morgan fingerprint density at radius 2 is 1.63 bits per heavy atom. The molecule has 9 heteroatoms. The second-order valence-electron chi connectivity index (χ2n) is 18.5. The van der Waals surface area contributed by atoms with Gasteiger partial charge in [-0.05, 0) is 128 Å². The maximum atomic E-state index is 13.9. The van der Waals surface area contributed by atoms with Crippen molar-refractivity contribution in [2.45, 2.75) is 124 Å². The van der Waals surface area contributed by atoms with E-state index in [1.54, 1.807) is 36.5 Å². The Balaban J connectivity index is 1.06. The van der Waals surface area contributed by atoms with Crippen LogP contribution in [0, 0.1) is 62.4 Å². The summed E-state index contributed by atoms with van der Waals surface area (Å²) in [6.07, 6.45) is 11.5. The second-order valence-corrected chi connectivity index (χ2v) is 18.5. The van der Waals surface area contributed by atoms with Gasteiger partial charge in [0.05, 0.1) is 17.8 Å². The van der Waals surface area contributed by atoms with Crippen molar-refractivity contribution >= 4 is 11.9 Å². The van der Waals surface area contributed by atoms with Gasteiger partial charge in [0.1, 0.15) is 17.7 Å². The first-order chi connectivity index (χ1) is 24.5. The third-order valence-corrected chi connectivity index (χ3v) is 16.2. The number of aliphatic hydroxyl groups is 1. The average molecular weight is 721 g/mol. The highest BCUT2D eigenvalue weighted by molar-refractivity contribution is 5.89. The minimum atomic E-state index is -0.662. The number of esters is 1. The zero-order valence-corrected chi connectivity index (χ0v) is 32.1. The molecule has 5 saturated carbocycles. The van der Waals surface area contributed by atoms with Gasteiger partial charge in [0.15, 0.2) is 0 Å². The molecule has 5 fully saturated rings. The summed E-state index contributed by atoms with van der Waals surface area (Å²) in [7, 11) is 1.67. The molecule has 1 aromatic carbocycles. The first kappa shape index (κ1) is 37.4. The smallest absolute Gasteiger partial charge is 0.338 e. The molecule has 284 valence electrons. The number of fused-ring (bicyclic) bond motifs is 2. The Morgan fingerprint density at radius 3 is 2.29 bits per heavy atom. The molecule has 1 aromatic heterocycles. The molecular weight excluding hydrogens is 662 g/mol. The van der Waals surface area contributed by atoms with Crippen LogP contribution in [0.15, 0.2) is 42.7 Å². The second kappa shape index (κ2) is 13.1. The van der Waals surface area contributed by atoms with E-state index in [0.29, 0.717) is 29.5 Å². The zero-order valence-electron chi connectivity index (χ0n) is 32.1. The Hall–Kier alpha value is -2.91. The number of halogens is 2. The normalized spacial score (nSPS) is 38.2. The standard InChI is InChI=1S/C43H58F2N2O5/c1-26(18-32(51-7)24-47(27(2)48)23-28-19-30(44)21-31(45)20-28)33-22-36(49)41(6)35-9-8-34-39(3,4)37(52-38(50)29-11-16-46-17-12-29)10-13-42(34)25-43(35,42)15-14-40(33,41)5/h11-12,16-17,19-21,26,32-37,49H,8-10,13-15,18,22-25H2,1-7H3/t26-,32?,33-,34+,35?,36+,37?,40?,41-,42?,43?/m1/s1. The van der Waals surface area contributed by atoms with Gasteiger partial charge in [0.2, 0.25) is 5.91 Å². The number of rotatable bonds is 10. The van der Waals surface area contributed by atoms with E-state index < -0.39 is 17.7 Å². The van der Waals surface area contributed by atoms with Crippen LogP contribution in [0.25, 0.3) is 0 Å².